The molecule has 3 nitrogen and oxygen atoms in total. The Kier molecular flexibility index (Phi) is 8.77. The van der Waals surface area contributed by atoms with Gasteiger partial charge in [-0.2, -0.15) is 0 Å². The van der Waals surface area contributed by atoms with E-state index in [9.17, 15) is 8.76 Å². The number of rotatable bonds is 1. The summed E-state index contributed by atoms with van der Waals surface area (Å²) in [5, 5.41) is 0. The summed E-state index contributed by atoms with van der Waals surface area (Å²) in [5.41, 5.74) is 0. The van der Waals surface area contributed by atoms with Gasteiger partial charge in [-0.15, -0.1) is 0 Å². The molecule has 0 aliphatic rings. The number of benzene rings is 1. The molecular formula is C6H7NaO3S. The second-order valence-corrected chi connectivity index (χ2v) is 2.49. The third kappa shape index (κ3) is 4.68. The molecule has 0 spiro atoms. The van der Waals surface area contributed by atoms with Crippen LogP contribution in [0.25, 0.3) is 0 Å². The molecule has 0 saturated heterocycles. The minimum atomic E-state index is -2.08. The Hall–Kier alpha value is 0.290. The molecule has 0 bridgehead atoms. The average Bonchev–Trinajstić information content (AvgIpc) is 1.90. The van der Waals surface area contributed by atoms with Gasteiger partial charge in [-0.25, -0.2) is 0 Å². The molecule has 0 aliphatic carbocycles. The van der Waals surface area contributed by atoms with Crippen molar-refractivity contribution in [2.24, 2.45) is 0 Å². The number of hydrogen-bond acceptors (Lipinski definition) is 2. The van der Waals surface area contributed by atoms with Gasteiger partial charge in [0.2, 0.25) is 0 Å². The maximum absolute atomic E-state index is 10.2. The molecule has 56 valence electrons. The predicted octanol–water partition coefficient (Wildman–Crippen LogP) is -2.90. The smallest absolute Gasteiger partial charge is 0.768 e. The summed E-state index contributed by atoms with van der Waals surface area (Å²) in [4.78, 5) is 0.331. The summed E-state index contributed by atoms with van der Waals surface area (Å²) >= 11 is -2.08. The molecule has 0 aromatic heterocycles. The Morgan fingerprint density at radius 2 is 1.64 bits per heavy atom. The van der Waals surface area contributed by atoms with E-state index >= 15 is 0 Å². The van der Waals surface area contributed by atoms with Gasteiger partial charge >= 0.3 is 29.6 Å². The molecule has 0 aliphatic heterocycles. The van der Waals surface area contributed by atoms with Crippen LogP contribution in [-0.4, -0.2) is 14.2 Å². The molecule has 11 heavy (non-hydrogen) atoms. The normalized spacial score (nSPS) is 10.6. The molecular weight excluding hydrogens is 175 g/mol. The zero-order chi connectivity index (χ0) is 6.69. The van der Waals surface area contributed by atoms with Crippen LogP contribution >= 0.6 is 0 Å². The van der Waals surface area contributed by atoms with E-state index in [2.05, 4.69) is 0 Å². The molecule has 0 heterocycles. The van der Waals surface area contributed by atoms with E-state index < -0.39 is 11.1 Å². The Morgan fingerprint density at radius 3 is 1.91 bits per heavy atom. The van der Waals surface area contributed by atoms with Crippen LogP contribution in [0.2, 0.25) is 0 Å². The van der Waals surface area contributed by atoms with Crippen molar-refractivity contribution >= 4 is 11.1 Å². The van der Waals surface area contributed by atoms with E-state index in [1.54, 1.807) is 30.3 Å². The monoisotopic (exact) mass is 182 g/mol. The van der Waals surface area contributed by atoms with Gasteiger partial charge in [-0.05, 0) is 23.2 Å². The van der Waals surface area contributed by atoms with Crippen molar-refractivity contribution in [2.45, 2.75) is 4.90 Å². The fourth-order valence-electron chi connectivity index (χ4n) is 0.532. The number of hydrogen-bond donors (Lipinski definition) is 0. The van der Waals surface area contributed by atoms with Gasteiger partial charge < -0.3 is 10.0 Å². The molecule has 1 aromatic rings. The average molecular weight is 182 g/mol. The van der Waals surface area contributed by atoms with Gasteiger partial charge in [0, 0.05) is 4.90 Å². The first-order chi connectivity index (χ1) is 4.30. The molecule has 1 atom stereocenters. The molecule has 0 amide bonds. The largest absolute Gasteiger partial charge is 1.00 e. The van der Waals surface area contributed by atoms with Crippen LogP contribution in [0.3, 0.4) is 0 Å². The van der Waals surface area contributed by atoms with E-state index in [4.69, 9.17) is 0 Å². The van der Waals surface area contributed by atoms with Gasteiger partial charge in [0.1, 0.15) is 0 Å². The third-order valence-electron chi connectivity index (χ3n) is 0.936. The van der Waals surface area contributed by atoms with Crippen molar-refractivity contribution in [3.63, 3.8) is 0 Å². The fraction of sp³-hybridized carbons (Fsp3) is 0. The first-order valence-corrected chi connectivity index (χ1v) is 3.52. The minimum absolute atomic E-state index is 0. The van der Waals surface area contributed by atoms with E-state index in [1.165, 1.54) is 0 Å². The second-order valence-electron chi connectivity index (χ2n) is 1.55. The standard InChI is InChI=1S/C6H6O2S.Na.H2O/c7-9(8)6-4-2-1-3-5-6;;/h1-5H,(H,7,8);;1H2/q;+1;/p-1. The summed E-state index contributed by atoms with van der Waals surface area (Å²) in [7, 11) is 0. The van der Waals surface area contributed by atoms with Crippen molar-refractivity contribution in [1.82, 2.24) is 0 Å². The second kappa shape index (κ2) is 6.97. The van der Waals surface area contributed by atoms with Crippen LogP contribution in [0.1, 0.15) is 0 Å². The molecule has 0 saturated carbocycles. The van der Waals surface area contributed by atoms with Crippen molar-refractivity contribution < 1.29 is 43.8 Å². The van der Waals surface area contributed by atoms with Crippen LogP contribution in [0.5, 0.6) is 0 Å². The summed E-state index contributed by atoms with van der Waals surface area (Å²) < 4.78 is 20.4. The first kappa shape index (κ1) is 13.9. The zero-order valence-electron chi connectivity index (χ0n) is 6.11. The van der Waals surface area contributed by atoms with E-state index in [0.29, 0.717) is 4.90 Å². The van der Waals surface area contributed by atoms with Crippen molar-refractivity contribution in [3.05, 3.63) is 30.3 Å². The van der Waals surface area contributed by atoms with Crippen LogP contribution in [0, 0.1) is 0 Å². The fourth-order valence-corrected chi connectivity index (χ4v) is 0.911. The summed E-state index contributed by atoms with van der Waals surface area (Å²) in [5.74, 6) is 0. The molecule has 2 N–H and O–H groups in total. The topological polar surface area (TPSA) is 71.6 Å². The molecule has 0 fully saturated rings. The Balaban J connectivity index is 0. The summed E-state index contributed by atoms with van der Waals surface area (Å²) in [6.45, 7) is 0. The van der Waals surface area contributed by atoms with E-state index in [1.807, 2.05) is 0 Å². The van der Waals surface area contributed by atoms with Crippen LogP contribution in [-0.2, 0) is 11.1 Å². The maximum atomic E-state index is 10.2. The van der Waals surface area contributed by atoms with Crippen molar-refractivity contribution in [2.75, 3.05) is 0 Å². The van der Waals surface area contributed by atoms with Crippen molar-refractivity contribution in [1.29, 1.82) is 0 Å². The van der Waals surface area contributed by atoms with E-state index in [0.717, 1.165) is 0 Å². The summed E-state index contributed by atoms with van der Waals surface area (Å²) in [6.07, 6.45) is 0. The van der Waals surface area contributed by atoms with E-state index in [-0.39, 0.29) is 35.0 Å². The zero-order valence-corrected chi connectivity index (χ0v) is 8.93. The predicted molar refractivity (Wildman–Crippen MR) is 37.2 cm³/mol. The Morgan fingerprint density at radius 1 is 1.18 bits per heavy atom. The van der Waals surface area contributed by atoms with Crippen LogP contribution in [0.15, 0.2) is 35.2 Å². The van der Waals surface area contributed by atoms with Gasteiger partial charge in [-0.3, -0.25) is 4.21 Å². The Labute approximate surface area is 89.7 Å². The van der Waals surface area contributed by atoms with Gasteiger partial charge in [0.25, 0.3) is 0 Å². The van der Waals surface area contributed by atoms with Crippen molar-refractivity contribution in [3.8, 4) is 0 Å². The quantitative estimate of drug-likeness (QED) is 0.345. The molecule has 1 aromatic carbocycles. The maximum Gasteiger partial charge on any atom is 1.00 e. The molecule has 1 rings (SSSR count). The third-order valence-corrected chi connectivity index (χ3v) is 1.59. The van der Waals surface area contributed by atoms with Gasteiger partial charge in [-0.1, -0.05) is 18.2 Å². The molecule has 5 heteroatoms. The molecule has 0 radical (unpaired) electrons. The minimum Gasteiger partial charge on any atom is -0.768 e. The van der Waals surface area contributed by atoms with Crippen LogP contribution in [0.4, 0.5) is 0 Å². The Bertz CT molecular complexity index is 214. The SMILES string of the molecule is O.O=S([O-])c1ccccc1.[Na+]. The first-order valence-electron chi connectivity index (χ1n) is 2.45. The van der Waals surface area contributed by atoms with Gasteiger partial charge in [0.15, 0.2) is 0 Å². The van der Waals surface area contributed by atoms with Crippen LogP contribution < -0.4 is 29.6 Å². The summed E-state index contributed by atoms with van der Waals surface area (Å²) in [6, 6.07) is 8.23. The molecule has 1 unspecified atom stereocenters. The van der Waals surface area contributed by atoms with Gasteiger partial charge in [0.05, 0.1) is 0 Å².